The zero-order valence-corrected chi connectivity index (χ0v) is 11.1. The third-order valence-electron chi connectivity index (χ3n) is 2.16. The summed E-state index contributed by atoms with van der Waals surface area (Å²) in [5.74, 6) is 0. The number of anilines is 1. The van der Waals surface area contributed by atoms with Gasteiger partial charge in [0.05, 0.1) is 0 Å². The van der Waals surface area contributed by atoms with Crippen molar-refractivity contribution in [1.29, 1.82) is 0 Å². The van der Waals surface area contributed by atoms with Gasteiger partial charge >= 0.3 is 6.09 Å². The summed E-state index contributed by atoms with van der Waals surface area (Å²) < 4.78 is 8.92. The zero-order chi connectivity index (χ0) is 13.0. The molecule has 0 atom stereocenters. The molecular formula is C11H10ClN3O2S. The van der Waals surface area contributed by atoms with Crippen molar-refractivity contribution in [1.82, 2.24) is 9.36 Å². The van der Waals surface area contributed by atoms with Crippen molar-refractivity contribution in [3.63, 3.8) is 0 Å². The molecule has 0 fully saturated rings. The number of carbonyl (C=O) groups is 1. The number of rotatable bonds is 3. The molecule has 0 aliphatic carbocycles. The first-order valence-corrected chi connectivity index (χ1v) is 6.25. The van der Waals surface area contributed by atoms with Gasteiger partial charge in [0.25, 0.3) is 0 Å². The van der Waals surface area contributed by atoms with Crippen LogP contribution >= 0.6 is 23.1 Å². The number of amides is 1. The van der Waals surface area contributed by atoms with Gasteiger partial charge in [-0.25, -0.2) is 4.79 Å². The van der Waals surface area contributed by atoms with Gasteiger partial charge in [-0.2, -0.15) is 9.36 Å². The molecule has 0 bridgehead atoms. The number of hydrogen-bond acceptors (Lipinski definition) is 5. The summed E-state index contributed by atoms with van der Waals surface area (Å²) in [5, 5.41) is 0.524. The van der Waals surface area contributed by atoms with E-state index in [0.29, 0.717) is 5.13 Å². The number of hydrogen-bond donors (Lipinski definition) is 0. The number of benzene rings is 1. The molecule has 1 aromatic heterocycles. The Morgan fingerprint density at radius 3 is 2.78 bits per heavy atom. The fourth-order valence-electron chi connectivity index (χ4n) is 1.23. The first-order valence-electron chi connectivity index (χ1n) is 5.10. The van der Waals surface area contributed by atoms with Crippen LogP contribution in [0.25, 0.3) is 0 Å². The van der Waals surface area contributed by atoms with E-state index in [2.05, 4.69) is 9.36 Å². The van der Waals surface area contributed by atoms with Gasteiger partial charge in [0.2, 0.25) is 10.4 Å². The predicted molar refractivity (Wildman–Crippen MR) is 69.9 cm³/mol. The molecule has 5 nitrogen and oxygen atoms in total. The molecule has 2 rings (SSSR count). The fraction of sp³-hybridized carbons (Fsp3) is 0.182. The van der Waals surface area contributed by atoms with Crippen LogP contribution in [0.2, 0.25) is 5.28 Å². The van der Waals surface area contributed by atoms with E-state index >= 15 is 0 Å². The molecule has 94 valence electrons. The van der Waals surface area contributed by atoms with Crippen molar-refractivity contribution in [2.24, 2.45) is 0 Å². The lowest BCUT2D eigenvalue weighted by Gasteiger charge is -2.13. The van der Waals surface area contributed by atoms with E-state index in [-0.39, 0.29) is 11.9 Å². The van der Waals surface area contributed by atoms with Crippen LogP contribution < -0.4 is 4.90 Å². The molecule has 18 heavy (non-hydrogen) atoms. The minimum absolute atomic E-state index is 0.123. The first kappa shape index (κ1) is 12.8. The number of carbonyl (C=O) groups excluding carboxylic acids is 1. The SMILES string of the molecule is CN(C(=O)OCc1ccccc1)c1nc(Cl)ns1. The molecule has 0 N–H and O–H groups in total. The molecule has 1 aromatic carbocycles. The van der Waals surface area contributed by atoms with Gasteiger partial charge in [0.15, 0.2) is 0 Å². The lowest BCUT2D eigenvalue weighted by molar-refractivity contribution is 0.148. The Labute approximate surface area is 113 Å². The Balaban J connectivity index is 1.92. The van der Waals surface area contributed by atoms with Crippen LogP contribution in [0, 0.1) is 0 Å². The van der Waals surface area contributed by atoms with Crippen LogP contribution in [0.1, 0.15) is 5.56 Å². The van der Waals surface area contributed by atoms with Crippen LogP contribution in [0.3, 0.4) is 0 Å². The van der Waals surface area contributed by atoms with Gasteiger partial charge in [-0.05, 0) is 17.2 Å². The topological polar surface area (TPSA) is 55.3 Å². The highest BCUT2D eigenvalue weighted by Gasteiger charge is 2.16. The van der Waals surface area contributed by atoms with E-state index in [4.69, 9.17) is 16.3 Å². The van der Waals surface area contributed by atoms with E-state index in [1.807, 2.05) is 30.3 Å². The summed E-state index contributed by atoms with van der Waals surface area (Å²) in [4.78, 5) is 16.9. The molecule has 0 radical (unpaired) electrons. The highest BCUT2D eigenvalue weighted by molar-refractivity contribution is 7.10. The summed E-state index contributed by atoms with van der Waals surface area (Å²) >= 11 is 6.63. The smallest absolute Gasteiger partial charge is 0.416 e. The minimum Gasteiger partial charge on any atom is -0.444 e. The standard InChI is InChI=1S/C11H10ClN3O2S/c1-15(10-13-9(12)14-18-10)11(16)17-7-8-5-3-2-4-6-8/h2-6H,7H2,1H3. The summed E-state index contributed by atoms with van der Waals surface area (Å²) in [6.45, 7) is 0.219. The molecule has 7 heteroatoms. The molecular weight excluding hydrogens is 274 g/mol. The molecule has 0 saturated heterocycles. The van der Waals surface area contributed by atoms with Crippen molar-refractivity contribution < 1.29 is 9.53 Å². The van der Waals surface area contributed by atoms with Gasteiger partial charge in [-0.1, -0.05) is 30.3 Å². The zero-order valence-electron chi connectivity index (χ0n) is 9.54. The van der Waals surface area contributed by atoms with Gasteiger partial charge in [-0.15, -0.1) is 0 Å². The number of nitrogens with zero attached hydrogens (tertiary/aromatic N) is 3. The second-order valence-electron chi connectivity index (χ2n) is 3.45. The number of ether oxygens (including phenoxy) is 1. The Kier molecular flexibility index (Phi) is 4.11. The van der Waals surface area contributed by atoms with Crippen LogP contribution in [-0.4, -0.2) is 22.5 Å². The fourth-order valence-corrected chi connectivity index (χ4v) is 1.98. The minimum atomic E-state index is -0.494. The van der Waals surface area contributed by atoms with Crippen LogP contribution in [0.15, 0.2) is 30.3 Å². The van der Waals surface area contributed by atoms with Crippen molar-refractivity contribution in [2.45, 2.75) is 6.61 Å². The maximum absolute atomic E-state index is 11.7. The van der Waals surface area contributed by atoms with E-state index in [1.165, 1.54) is 4.90 Å². The summed E-state index contributed by atoms with van der Waals surface area (Å²) in [5.41, 5.74) is 0.926. The van der Waals surface area contributed by atoms with Crippen molar-refractivity contribution in [2.75, 3.05) is 11.9 Å². The van der Waals surface area contributed by atoms with E-state index in [1.54, 1.807) is 7.05 Å². The van der Waals surface area contributed by atoms with Crippen molar-refractivity contribution in [3.8, 4) is 0 Å². The van der Waals surface area contributed by atoms with Crippen LogP contribution in [-0.2, 0) is 11.3 Å². The predicted octanol–water partition coefficient (Wildman–Crippen LogP) is 2.96. The highest BCUT2D eigenvalue weighted by atomic mass is 35.5. The van der Waals surface area contributed by atoms with Crippen molar-refractivity contribution >= 4 is 34.4 Å². The maximum Gasteiger partial charge on any atom is 0.416 e. The Morgan fingerprint density at radius 1 is 1.44 bits per heavy atom. The Morgan fingerprint density at radius 2 is 2.17 bits per heavy atom. The Hall–Kier alpha value is -1.66. The van der Waals surface area contributed by atoms with E-state index in [0.717, 1.165) is 17.1 Å². The third-order valence-corrected chi connectivity index (χ3v) is 3.22. The third kappa shape index (κ3) is 3.18. The molecule has 0 saturated carbocycles. The first-order chi connectivity index (χ1) is 8.66. The molecule has 0 spiro atoms. The average molecular weight is 284 g/mol. The summed E-state index contributed by atoms with van der Waals surface area (Å²) in [6.07, 6.45) is -0.494. The van der Waals surface area contributed by atoms with Gasteiger partial charge < -0.3 is 4.74 Å². The molecule has 2 aromatic rings. The van der Waals surface area contributed by atoms with E-state index in [9.17, 15) is 4.79 Å². The molecule has 0 aliphatic rings. The second-order valence-corrected chi connectivity index (χ2v) is 4.51. The monoisotopic (exact) mass is 283 g/mol. The normalized spacial score (nSPS) is 10.1. The number of aromatic nitrogens is 2. The van der Waals surface area contributed by atoms with E-state index < -0.39 is 6.09 Å². The lowest BCUT2D eigenvalue weighted by atomic mass is 10.2. The van der Waals surface area contributed by atoms with Crippen LogP contribution in [0.4, 0.5) is 9.93 Å². The second kappa shape index (κ2) is 5.79. The average Bonchev–Trinajstić information content (AvgIpc) is 2.83. The molecule has 1 amide bonds. The summed E-state index contributed by atoms with van der Waals surface area (Å²) in [6, 6.07) is 9.44. The quantitative estimate of drug-likeness (QED) is 0.869. The lowest BCUT2D eigenvalue weighted by Crippen LogP contribution is -2.26. The maximum atomic E-state index is 11.7. The highest BCUT2D eigenvalue weighted by Crippen LogP contribution is 2.19. The van der Waals surface area contributed by atoms with Crippen LogP contribution in [0.5, 0.6) is 0 Å². The van der Waals surface area contributed by atoms with Gasteiger partial charge in [0, 0.05) is 18.6 Å². The largest absolute Gasteiger partial charge is 0.444 e. The molecule has 0 aliphatic heterocycles. The summed E-state index contributed by atoms with van der Waals surface area (Å²) in [7, 11) is 1.56. The van der Waals surface area contributed by atoms with Gasteiger partial charge in [0.1, 0.15) is 6.61 Å². The number of halogens is 1. The van der Waals surface area contributed by atoms with Crippen molar-refractivity contribution in [3.05, 3.63) is 41.2 Å². The molecule has 0 unspecified atom stereocenters. The van der Waals surface area contributed by atoms with Gasteiger partial charge in [-0.3, -0.25) is 4.90 Å². The Bertz CT molecular complexity index is 532. The molecule has 1 heterocycles.